The Balaban J connectivity index is 2.54. The molecule has 0 bridgehead atoms. The third-order valence-electron chi connectivity index (χ3n) is 3.08. The van der Waals surface area contributed by atoms with Gasteiger partial charge in [-0.1, -0.05) is 25.6 Å². The Morgan fingerprint density at radius 3 is 2.46 bits per heavy atom. The van der Waals surface area contributed by atoms with Crippen LogP contribution in [0.4, 0.5) is 9.18 Å². The molecule has 1 rings (SSSR count). The van der Waals surface area contributed by atoms with Crippen molar-refractivity contribution in [3.8, 4) is 11.5 Å². The minimum Gasteiger partial charge on any atom is -0.444 e. The maximum Gasteiger partial charge on any atom is 0.410 e. The number of ether oxygens (including phenoxy) is 2. The van der Waals surface area contributed by atoms with Crippen LogP contribution in [0.3, 0.4) is 0 Å². The van der Waals surface area contributed by atoms with Gasteiger partial charge in [-0.2, -0.15) is 0 Å². The average Bonchev–Trinajstić information content (AvgIpc) is 2.46. The Labute approximate surface area is 157 Å². The highest BCUT2D eigenvalue weighted by Crippen LogP contribution is 2.11. The number of rotatable bonds is 5. The fourth-order valence-electron chi connectivity index (χ4n) is 1.89. The van der Waals surface area contributed by atoms with E-state index in [2.05, 4.69) is 31.1 Å². The van der Waals surface area contributed by atoms with E-state index < -0.39 is 19.8 Å². The largest absolute Gasteiger partial charge is 0.444 e. The zero-order valence-electron chi connectivity index (χ0n) is 16.9. The van der Waals surface area contributed by atoms with Gasteiger partial charge in [0.05, 0.1) is 13.2 Å². The number of halogens is 1. The molecule has 0 spiro atoms. The van der Waals surface area contributed by atoms with E-state index in [-0.39, 0.29) is 12.4 Å². The molecule has 4 nitrogen and oxygen atoms in total. The fraction of sp³-hybridized carbons (Fsp3) is 0.550. The maximum atomic E-state index is 13.8. The minimum absolute atomic E-state index is 0.265. The molecule has 0 heterocycles. The standard InChI is InChI=1S/C20H30FNO3Si/c1-20(2,3)25-19(23)22(4)9-10-24-15-17-12-16(13-18(21)14-17)8-11-26(5,6)7/h12-14H,9-10,15H2,1-7H3. The van der Waals surface area contributed by atoms with E-state index >= 15 is 0 Å². The number of likely N-dealkylation sites (N-methyl/N-ethyl adjacent to an activating group) is 1. The smallest absolute Gasteiger partial charge is 0.410 e. The Kier molecular flexibility index (Phi) is 7.85. The highest BCUT2D eigenvalue weighted by Gasteiger charge is 2.19. The molecule has 0 fully saturated rings. The first-order valence-electron chi connectivity index (χ1n) is 8.70. The van der Waals surface area contributed by atoms with Crippen molar-refractivity contribution in [3.63, 3.8) is 0 Å². The molecule has 144 valence electrons. The molecule has 26 heavy (non-hydrogen) atoms. The lowest BCUT2D eigenvalue weighted by atomic mass is 10.1. The van der Waals surface area contributed by atoms with Crippen molar-refractivity contribution in [3.05, 3.63) is 35.1 Å². The lowest BCUT2D eigenvalue weighted by Gasteiger charge is -2.24. The van der Waals surface area contributed by atoms with E-state index in [9.17, 15) is 9.18 Å². The summed E-state index contributed by atoms with van der Waals surface area (Å²) in [5.74, 6) is 2.74. The van der Waals surface area contributed by atoms with Gasteiger partial charge in [0, 0.05) is 19.2 Å². The van der Waals surface area contributed by atoms with E-state index in [1.165, 1.54) is 17.0 Å². The summed E-state index contributed by atoms with van der Waals surface area (Å²) in [4.78, 5) is 13.3. The number of carbonyl (C=O) groups excluding carboxylic acids is 1. The number of carbonyl (C=O) groups is 1. The number of benzene rings is 1. The highest BCUT2D eigenvalue weighted by atomic mass is 28.3. The van der Waals surface area contributed by atoms with Crippen LogP contribution < -0.4 is 0 Å². The van der Waals surface area contributed by atoms with Crippen LogP contribution in [0.2, 0.25) is 19.6 Å². The second-order valence-corrected chi connectivity index (χ2v) is 13.1. The highest BCUT2D eigenvalue weighted by molar-refractivity contribution is 6.83. The Morgan fingerprint density at radius 2 is 1.88 bits per heavy atom. The summed E-state index contributed by atoms with van der Waals surface area (Å²) < 4.78 is 24.6. The van der Waals surface area contributed by atoms with Gasteiger partial charge in [0.25, 0.3) is 0 Å². The van der Waals surface area contributed by atoms with Gasteiger partial charge >= 0.3 is 6.09 Å². The zero-order valence-corrected chi connectivity index (χ0v) is 17.9. The van der Waals surface area contributed by atoms with Crippen molar-refractivity contribution in [1.82, 2.24) is 4.90 Å². The van der Waals surface area contributed by atoms with Crippen LogP contribution in [-0.2, 0) is 16.1 Å². The van der Waals surface area contributed by atoms with Gasteiger partial charge in [-0.3, -0.25) is 0 Å². The second kappa shape index (κ2) is 9.20. The van der Waals surface area contributed by atoms with E-state index in [4.69, 9.17) is 9.47 Å². The van der Waals surface area contributed by atoms with Crippen molar-refractivity contribution < 1.29 is 18.7 Å². The van der Waals surface area contributed by atoms with Gasteiger partial charge in [0.2, 0.25) is 0 Å². The molecular formula is C20H30FNO3Si. The molecule has 0 aliphatic heterocycles. The third kappa shape index (κ3) is 9.59. The van der Waals surface area contributed by atoms with Crippen molar-refractivity contribution in [2.45, 2.75) is 52.6 Å². The molecule has 0 aliphatic rings. The van der Waals surface area contributed by atoms with Crippen LogP contribution in [-0.4, -0.2) is 44.9 Å². The summed E-state index contributed by atoms with van der Waals surface area (Å²) in [5, 5.41) is 0. The molecular weight excluding hydrogens is 349 g/mol. The molecule has 0 atom stereocenters. The quantitative estimate of drug-likeness (QED) is 0.431. The fourth-order valence-corrected chi connectivity index (χ4v) is 2.41. The summed E-state index contributed by atoms with van der Waals surface area (Å²) in [6, 6.07) is 4.72. The molecule has 1 amide bonds. The van der Waals surface area contributed by atoms with Crippen LogP contribution in [0.15, 0.2) is 18.2 Å². The molecule has 0 aromatic heterocycles. The van der Waals surface area contributed by atoms with Crippen LogP contribution in [0.25, 0.3) is 0 Å². The molecule has 0 saturated carbocycles. The first kappa shape index (κ1) is 22.2. The van der Waals surface area contributed by atoms with E-state index in [1.807, 2.05) is 26.8 Å². The van der Waals surface area contributed by atoms with Gasteiger partial charge in [0.15, 0.2) is 0 Å². The Morgan fingerprint density at radius 1 is 1.23 bits per heavy atom. The third-order valence-corrected chi connectivity index (χ3v) is 3.96. The van der Waals surface area contributed by atoms with Crippen LogP contribution >= 0.6 is 0 Å². The summed E-state index contributed by atoms with van der Waals surface area (Å²) in [6.45, 7) is 12.9. The lowest BCUT2D eigenvalue weighted by molar-refractivity contribution is 0.0221. The molecule has 1 aromatic carbocycles. The summed E-state index contributed by atoms with van der Waals surface area (Å²) >= 11 is 0. The molecule has 0 saturated heterocycles. The molecule has 0 aliphatic carbocycles. The maximum absolute atomic E-state index is 13.8. The number of hydrogen-bond donors (Lipinski definition) is 0. The number of hydrogen-bond acceptors (Lipinski definition) is 3. The van der Waals surface area contributed by atoms with Crippen LogP contribution in [0.1, 0.15) is 31.9 Å². The van der Waals surface area contributed by atoms with Crippen molar-refractivity contribution in [2.75, 3.05) is 20.2 Å². The van der Waals surface area contributed by atoms with Gasteiger partial charge in [0.1, 0.15) is 19.5 Å². The van der Waals surface area contributed by atoms with E-state index in [0.717, 1.165) is 5.56 Å². The predicted octanol–water partition coefficient (Wildman–Crippen LogP) is 4.44. The predicted molar refractivity (Wildman–Crippen MR) is 105 cm³/mol. The van der Waals surface area contributed by atoms with Gasteiger partial charge < -0.3 is 14.4 Å². The monoisotopic (exact) mass is 379 g/mol. The minimum atomic E-state index is -1.51. The SMILES string of the molecule is CN(CCOCc1cc(F)cc(C#C[Si](C)(C)C)c1)C(=O)OC(C)(C)C. The topological polar surface area (TPSA) is 38.8 Å². The molecule has 0 unspecified atom stereocenters. The lowest BCUT2D eigenvalue weighted by Crippen LogP contribution is -2.36. The first-order valence-corrected chi connectivity index (χ1v) is 12.2. The van der Waals surface area contributed by atoms with Crippen molar-refractivity contribution in [2.24, 2.45) is 0 Å². The van der Waals surface area contributed by atoms with Gasteiger partial charge in [-0.15, -0.1) is 5.54 Å². The van der Waals surface area contributed by atoms with Gasteiger partial charge in [-0.05, 0) is 44.5 Å². The molecule has 0 radical (unpaired) electrons. The molecule has 6 heteroatoms. The van der Waals surface area contributed by atoms with E-state index in [1.54, 1.807) is 7.05 Å². The van der Waals surface area contributed by atoms with Crippen molar-refractivity contribution >= 4 is 14.2 Å². The zero-order chi connectivity index (χ0) is 20.0. The summed E-state index contributed by atoms with van der Waals surface area (Å²) in [7, 11) is 0.146. The Hall–Kier alpha value is -1.84. The molecule has 0 N–H and O–H groups in total. The van der Waals surface area contributed by atoms with Gasteiger partial charge in [-0.25, -0.2) is 9.18 Å². The van der Waals surface area contributed by atoms with Crippen LogP contribution in [0, 0.1) is 17.3 Å². The first-order chi connectivity index (χ1) is 11.9. The van der Waals surface area contributed by atoms with Crippen LogP contribution in [0.5, 0.6) is 0 Å². The summed E-state index contributed by atoms with van der Waals surface area (Å²) in [6.07, 6.45) is -0.393. The normalized spacial score (nSPS) is 11.5. The molecule has 1 aromatic rings. The average molecular weight is 380 g/mol. The summed E-state index contributed by atoms with van der Waals surface area (Å²) in [5.41, 5.74) is 4.09. The Bertz CT molecular complexity index is 681. The van der Waals surface area contributed by atoms with E-state index in [0.29, 0.717) is 18.7 Å². The second-order valence-electron chi connectivity index (χ2n) is 8.30. The number of amides is 1. The van der Waals surface area contributed by atoms with Crippen molar-refractivity contribution in [1.29, 1.82) is 0 Å². The number of nitrogens with zero attached hydrogens (tertiary/aromatic N) is 1.